The van der Waals surface area contributed by atoms with Gasteiger partial charge in [-0.1, -0.05) is 36.4 Å². The van der Waals surface area contributed by atoms with E-state index in [0.29, 0.717) is 0 Å². The summed E-state index contributed by atoms with van der Waals surface area (Å²) in [7, 11) is 0. The molecule has 0 unspecified atom stereocenters. The van der Waals surface area contributed by atoms with Gasteiger partial charge in [0, 0.05) is 17.6 Å². The van der Waals surface area contributed by atoms with E-state index < -0.39 is 0 Å². The SMILES string of the molecule is OCN1CCc2ccc3ccccc3c21. The summed E-state index contributed by atoms with van der Waals surface area (Å²) in [4.78, 5) is 2.04. The van der Waals surface area contributed by atoms with Crippen LogP contribution in [0.25, 0.3) is 10.8 Å². The second kappa shape index (κ2) is 3.24. The number of aliphatic hydroxyl groups excluding tert-OH is 1. The van der Waals surface area contributed by atoms with Crippen LogP contribution in [-0.2, 0) is 6.42 Å². The zero-order valence-corrected chi connectivity index (χ0v) is 8.48. The molecule has 1 aliphatic rings. The second-order valence-corrected chi connectivity index (χ2v) is 3.95. The van der Waals surface area contributed by atoms with Gasteiger partial charge in [0.1, 0.15) is 6.73 Å². The summed E-state index contributed by atoms with van der Waals surface area (Å²) in [6, 6.07) is 12.7. The summed E-state index contributed by atoms with van der Waals surface area (Å²) in [5, 5.41) is 11.8. The van der Waals surface area contributed by atoms with Gasteiger partial charge in [0.25, 0.3) is 0 Å². The lowest BCUT2D eigenvalue weighted by atomic mass is 10.0. The van der Waals surface area contributed by atoms with Crippen LogP contribution in [0.5, 0.6) is 0 Å². The molecule has 1 N–H and O–H groups in total. The zero-order valence-electron chi connectivity index (χ0n) is 8.48. The van der Waals surface area contributed by atoms with E-state index >= 15 is 0 Å². The van der Waals surface area contributed by atoms with Gasteiger partial charge in [-0.15, -0.1) is 0 Å². The molecule has 0 bridgehead atoms. The average molecular weight is 199 g/mol. The van der Waals surface area contributed by atoms with Gasteiger partial charge in [-0.3, -0.25) is 0 Å². The third kappa shape index (κ3) is 1.22. The van der Waals surface area contributed by atoms with Crippen LogP contribution in [0.1, 0.15) is 5.56 Å². The van der Waals surface area contributed by atoms with Gasteiger partial charge in [0.05, 0.1) is 0 Å². The lowest BCUT2D eigenvalue weighted by molar-refractivity contribution is 0.294. The quantitative estimate of drug-likeness (QED) is 0.760. The lowest BCUT2D eigenvalue weighted by Gasteiger charge is -2.17. The van der Waals surface area contributed by atoms with Gasteiger partial charge in [-0.05, 0) is 17.4 Å². The van der Waals surface area contributed by atoms with E-state index in [2.05, 4.69) is 30.3 Å². The van der Waals surface area contributed by atoms with Crippen LogP contribution >= 0.6 is 0 Å². The van der Waals surface area contributed by atoms with Crippen LogP contribution in [0.4, 0.5) is 5.69 Å². The molecule has 2 nitrogen and oxygen atoms in total. The molecular weight excluding hydrogens is 186 g/mol. The standard InChI is InChI=1S/C13H13NO/c15-9-14-8-7-11-6-5-10-3-1-2-4-12(10)13(11)14/h1-6,15H,7-9H2. The Morgan fingerprint density at radius 1 is 1.13 bits per heavy atom. The normalized spacial score (nSPS) is 14.6. The van der Waals surface area contributed by atoms with Crippen LogP contribution in [-0.4, -0.2) is 18.4 Å². The minimum absolute atomic E-state index is 0.112. The summed E-state index contributed by atoms with van der Waals surface area (Å²) in [6.07, 6.45) is 1.04. The largest absolute Gasteiger partial charge is 0.376 e. The highest BCUT2D eigenvalue weighted by Crippen LogP contribution is 2.34. The molecule has 2 heteroatoms. The van der Waals surface area contributed by atoms with Crippen LogP contribution in [0, 0.1) is 0 Å². The molecule has 0 aromatic heterocycles. The Kier molecular flexibility index (Phi) is 1.89. The van der Waals surface area contributed by atoms with Gasteiger partial charge in [-0.2, -0.15) is 0 Å². The Balaban J connectivity index is 2.32. The van der Waals surface area contributed by atoms with Gasteiger partial charge >= 0.3 is 0 Å². The van der Waals surface area contributed by atoms with Crippen molar-refractivity contribution >= 4 is 16.5 Å². The van der Waals surface area contributed by atoms with Crippen molar-refractivity contribution in [3.05, 3.63) is 42.0 Å². The molecule has 76 valence electrons. The van der Waals surface area contributed by atoms with Crippen molar-refractivity contribution in [3.8, 4) is 0 Å². The predicted octanol–water partition coefficient (Wildman–Crippen LogP) is 2.15. The average Bonchev–Trinajstić information content (AvgIpc) is 2.72. The van der Waals surface area contributed by atoms with Crippen molar-refractivity contribution in [2.75, 3.05) is 18.2 Å². The summed E-state index contributed by atoms with van der Waals surface area (Å²) in [5.41, 5.74) is 2.57. The van der Waals surface area contributed by atoms with Crippen molar-refractivity contribution in [3.63, 3.8) is 0 Å². The highest BCUT2D eigenvalue weighted by atomic mass is 16.3. The van der Waals surface area contributed by atoms with Crippen molar-refractivity contribution < 1.29 is 5.11 Å². The topological polar surface area (TPSA) is 23.5 Å². The van der Waals surface area contributed by atoms with Gasteiger partial charge in [-0.25, -0.2) is 0 Å². The molecule has 0 spiro atoms. The molecule has 0 saturated heterocycles. The maximum atomic E-state index is 9.30. The molecule has 1 aliphatic heterocycles. The summed E-state index contributed by atoms with van der Waals surface area (Å²) in [5.74, 6) is 0. The van der Waals surface area contributed by atoms with E-state index in [1.54, 1.807) is 0 Å². The summed E-state index contributed by atoms with van der Waals surface area (Å²) >= 11 is 0. The number of anilines is 1. The number of hydrogen-bond acceptors (Lipinski definition) is 2. The Labute approximate surface area is 88.8 Å². The minimum Gasteiger partial charge on any atom is -0.376 e. The first-order valence-corrected chi connectivity index (χ1v) is 5.26. The fourth-order valence-electron chi connectivity index (χ4n) is 2.38. The number of hydrogen-bond donors (Lipinski definition) is 1. The first-order valence-electron chi connectivity index (χ1n) is 5.26. The molecule has 0 radical (unpaired) electrons. The van der Waals surface area contributed by atoms with Gasteiger partial charge in [0.2, 0.25) is 0 Å². The van der Waals surface area contributed by atoms with Crippen molar-refractivity contribution in [1.82, 2.24) is 0 Å². The third-order valence-electron chi connectivity index (χ3n) is 3.12. The first-order chi connectivity index (χ1) is 7.40. The first kappa shape index (κ1) is 8.74. The second-order valence-electron chi connectivity index (χ2n) is 3.95. The van der Waals surface area contributed by atoms with E-state index in [9.17, 15) is 5.11 Å². The maximum Gasteiger partial charge on any atom is 0.115 e. The van der Waals surface area contributed by atoms with Crippen molar-refractivity contribution in [1.29, 1.82) is 0 Å². The monoisotopic (exact) mass is 199 g/mol. The van der Waals surface area contributed by atoms with E-state index in [0.717, 1.165) is 13.0 Å². The highest BCUT2D eigenvalue weighted by Gasteiger charge is 2.20. The highest BCUT2D eigenvalue weighted by molar-refractivity contribution is 5.96. The molecule has 1 heterocycles. The van der Waals surface area contributed by atoms with E-state index in [-0.39, 0.29) is 6.73 Å². The number of rotatable bonds is 1. The van der Waals surface area contributed by atoms with Gasteiger partial charge in [0.15, 0.2) is 0 Å². The van der Waals surface area contributed by atoms with Crippen LogP contribution < -0.4 is 4.90 Å². The molecule has 0 aliphatic carbocycles. The predicted molar refractivity (Wildman–Crippen MR) is 62.1 cm³/mol. The molecular formula is C13H13NO. The Morgan fingerprint density at radius 3 is 2.87 bits per heavy atom. The Morgan fingerprint density at radius 2 is 2.00 bits per heavy atom. The van der Waals surface area contributed by atoms with E-state index in [1.165, 1.54) is 22.0 Å². The van der Waals surface area contributed by atoms with Crippen LogP contribution in [0.15, 0.2) is 36.4 Å². The number of nitrogens with zero attached hydrogens (tertiary/aromatic N) is 1. The third-order valence-corrected chi connectivity index (χ3v) is 3.12. The van der Waals surface area contributed by atoms with Gasteiger partial charge < -0.3 is 10.0 Å². The van der Waals surface area contributed by atoms with Crippen LogP contribution in [0.2, 0.25) is 0 Å². The molecule has 0 fully saturated rings. The molecule has 0 saturated carbocycles. The Hall–Kier alpha value is -1.54. The lowest BCUT2D eigenvalue weighted by Crippen LogP contribution is -2.21. The number of benzene rings is 2. The smallest absolute Gasteiger partial charge is 0.115 e. The van der Waals surface area contributed by atoms with Crippen molar-refractivity contribution in [2.24, 2.45) is 0 Å². The number of aliphatic hydroxyl groups is 1. The molecule has 0 amide bonds. The minimum atomic E-state index is 0.112. The fraction of sp³-hybridized carbons (Fsp3) is 0.231. The molecule has 2 aromatic carbocycles. The zero-order chi connectivity index (χ0) is 10.3. The Bertz CT molecular complexity index is 507. The van der Waals surface area contributed by atoms with Crippen LogP contribution in [0.3, 0.4) is 0 Å². The molecule has 15 heavy (non-hydrogen) atoms. The molecule has 0 atom stereocenters. The maximum absolute atomic E-state index is 9.30. The van der Waals surface area contributed by atoms with E-state index in [1.807, 2.05) is 11.0 Å². The molecule has 2 aromatic rings. The number of fused-ring (bicyclic) bond motifs is 3. The van der Waals surface area contributed by atoms with E-state index in [4.69, 9.17) is 0 Å². The fourth-order valence-corrected chi connectivity index (χ4v) is 2.38. The van der Waals surface area contributed by atoms with Crippen molar-refractivity contribution in [2.45, 2.75) is 6.42 Å². The summed E-state index contributed by atoms with van der Waals surface area (Å²) in [6.45, 7) is 1.04. The summed E-state index contributed by atoms with van der Waals surface area (Å²) < 4.78 is 0. The molecule has 3 rings (SSSR count).